The highest BCUT2D eigenvalue weighted by Crippen LogP contribution is 2.30. The monoisotopic (exact) mass is 569 g/mol. The van der Waals surface area contributed by atoms with E-state index in [0.29, 0.717) is 32.8 Å². The summed E-state index contributed by atoms with van der Waals surface area (Å²) in [6, 6.07) is 10.8. The number of aliphatic hydroxyl groups excluding tert-OH is 1. The number of amides is 1. The summed E-state index contributed by atoms with van der Waals surface area (Å²) in [5, 5.41) is 13.3. The molecule has 4 rings (SSSR count). The minimum Gasteiger partial charge on any atom is -0.394 e. The Hall–Kier alpha value is -2.80. The first-order valence-corrected chi connectivity index (χ1v) is 13.9. The van der Waals surface area contributed by atoms with E-state index >= 15 is 0 Å². The molecular formula is C27H31F4N3O4S. The summed E-state index contributed by atoms with van der Waals surface area (Å²) >= 11 is 0. The van der Waals surface area contributed by atoms with Crippen LogP contribution in [0.25, 0.3) is 10.9 Å². The maximum Gasteiger partial charge on any atom is 0.406 e. The molecule has 0 spiro atoms. The molecule has 1 aliphatic rings. The number of aryl methyl sites for hydroxylation is 1. The zero-order valence-corrected chi connectivity index (χ0v) is 22.2. The zero-order valence-electron chi connectivity index (χ0n) is 21.4. The van der Waals surface area contributed by atoms with Crippen molar-refractivity contribution in [1.29, 1.82) is 0 Å². The summed E-state index contributed by atoms with van der Waals surface area (Å²) in [7, 11) is -1.12. The maximum atomic E-state index is 13.6. The van der Waals surface area contributed by atoms with Crippen LogP contribution in [0.4, 0.5) is 17.6 Å². The molecule has 3 atom stereocenters. The molecule has 3 aromatic rings. The average Bonchev–Trinajstić information content (AvgIpc) is 3.27. The number of aliphatic hydroxyl groups is 1. The highest BCUT2D eigenvalue weighted by Gasteiger charge is 2.45. The normalized spacial score (nSPS) is 18.3. The molecule has 1 aromatic heterocycles. The van der Waals surface area contributed by atoms with E-state index in [0.717, 1.165) is 0 Å². The van der Waals surface area contributed by atoms with Crippen LogP contribution in [0.3, 0.4) is 0 Å². The molecule has 212 valence electrons. The molecule has 1 aliphatic heterocycles. The Morgan fingerprint density at radius 2 is 1.95 bits per heavy atom. The van der Waals surface area contributed by atoms with Gasteiger partial charge < -0.3 is 19.7 Å². The van der Waals surface area contributed by atoms with Gasteiger partial charge in [0.25, 0.3) is 5.91 Å². The number of carbonyl (C=O) groups excluding carboxylic acids is 1. The standard InChI is InChI=1S/C27H31F4N3O4S/c1-2-39(37)22-6-3-18(4-7-22)23(16-35)32-26(36)19-5-8-24-20(13-19)14-21(34(24)10-9-28)15-33-11-12-38-17-25(33)27(29,30)31/h3-8,13-14,23,25,35H,2,9-12,15-17H2,1H3,(H,32,36). The van der Waals surface area contributed by atoms with Crippen molar-refractivity contribution >= 4 is 27.6 Å². The number of hydrogen-bond donors (Lipinski definition) is 2. The van der Waals surface area contributed by atoms with Crippen molar-refractivity contribution in [2.24, 2.45) is 0 Å². The lowest BCUT2D eigenvalue weighted by Gasteiger charge is -2.36. The van der Waals surface area contributed by atoms with Gasteiger partial charge in [0.1, 0.15) is 12.7 Å². The van der Waals surface area contributed by atoms with Gasteiger partial charge in [-0.1, -0.05) is 19.1 Å². The van der Waals surface area contributed by atoms with E-state index in [1.807, 2.05) is 6.92 Å². The number of benzene rings is 2. The molecule has 1 amide bonds. The van der Waals surface area contributed by atoms with Gasteiger partial charge in [0, 0.05) is 45.9 Å². The van der Waals surface area contributed by atoms with E-state index in [4.69, 9.17) is 4.74 Å². The number of aromatic nitrogens is 1. The van der Waals surface area contributed by atoms with Gasteiger partial charge in [0.15, 0.2) is 0 Å². The van der Waals surface area contributed by atoms with Gasteiger partial charge in [-0.25, -0.2) is 4.39 Å². The number of nitrogens with zero attached hydrogens (tertiary/aromatic N) is 2. The number of nitrogens with one attached hydrogen (secondary N) is 1. The largest absolute Gasteiger partial charge is 0.406 e. The molecule has 3 unspecified atom stereocenters. The molecule has 39 heavy (non-hydrogen) atoms. The predicted octanol–water partition coefficient (Wildman–Crippen LogP) is 3.96. The van der Waals surface area contributed by atoms with Crippen LogP contribution in [0.2, 0.25) is 0 Å². The van der Waals surface area contributed by atoms with E-state index in [-0.39, 0.29) is 38.4 Å². The number of carbonyl (C=O) groups is 1. The molecule has 0 radical (unpaired) electrons. The Labute approximate surface area is 226 Å². The lowest BCUT2D eigenvalue weighted by atomic mass is 10.1. The van der Waals surface area contributed by atoms with Crippen molar-refractivity contribution in [3.8, 4) is 0 Å². The van der Waals surface area contributed by atoms with E-state index < -0.39 is 48.2 Å². The SMILES string of the molecule is CCS(=O)c1ccc(C(CO)NC(=O)c2ccc3c(c2)cc(CN2CCOCC2C(F)(F)F)n3CCF)cc1. The van der Waals surface area contributed by atoms with Crippen LogP contribution in [0.5, 0.6) is 0 Å². The minimum atomic E-state index is -4.46. The van der Waals surface area contributed by atoms with Crippen molar-refractivity contribution < 1.29 is 36.4 Å². The Bertz CT molecular complexity index is 1310. The summed E-state index contributed by atoms with van der Waals surface area (Å²) < 4.78 is 72.7. The topological polar surface area (TPSA) is 83.8 Å². The van der Waals surface area contributed by atoms with Crippen LogP contribution < -0.4 is 5.32 Å². The molecule has 2 heterocycles. The van der Waals surface area contributed by atoms with E-state index in [9.17, 15) is 31.7 Å². The van der Waals surface area contributed by atoms with Gasteiger partial charge >= 0.3 is 6.18 Å². The lowest BCUT2D eigenvalue weighted by molar-refractivity contribution is -0.213. The summed E-state index contributed by atoms with van der Waals surface area (Å²) in [5.41, 5.74) is 2.04. The summed E-state index contributed by atoms with van der Waals surface area (Å²) in [6.07, 6.45) is -4.46. The number of alkyl halides is 4. The molecular weight excluding hydrogens is 538 g/mol. The van der Waals surface area contributed by atoms with Crippen molar-refractivity contribution in [1.82, 2.24) is 14.8 Å². The molecule has 12 heteroatoms. The molecule has 0 saturated carbocycles. The van der Waals surface area contributed by atoms with Gasteiger partial charge in [-0.15, -0.1) is 0 Å². The fraction of sp³-hybridized carbons (Fsp3) is 0.444. The number of fused-ring (bicyclic) bond motifs is 1. The van der Waals surface area contributed by atoms with Crippen molar-refractivity contribution in [2.45, 2.75) is 43.2 Å². The third kappa shape index (κ3) is 6.68. The molecule has 2 aromatic carbocycles. The summed E-state index contributed by atoms with van der Waals surface area (Å²) in [4.78, 5) is 15.0. The number of ether oxygens (including phenoxy) is 1. The van der Waals surface area contributed by atoms with E-state index in [1.165, 1.54) is 4.90 Å². The Morgan fingerprint density at radius 1 is 1.21 bits per heavy atom. The number of morpholine rings is 1. The second-order valence-electron chi connectivity index (χ2n) is 9.26. The average molecular weight is 570 g/mol. The van der Waals surface area contributed by atoms with Crippen LogP contribution in [0.15, 0.2) is 53.4 Å². The van der Waals surface area contributed by atoms with E-state index in [1.54, 1.807) is 53.1 Å². The quantitative estimate of drug-likeness (QED) is 0.361. The van der Waals surface area contributed by atoms with Crippen LogP contribution in [0.1, 0.15) is 34.6 Å². The van der Waals surface area contributed by atoms with Crippen molar-refractivity contribution in [2.75, 3.05) is 38.8 Å². The third-order valence-electron chi connectivity index (χ3n) is 6.84. The van der Waals surface area contributed by atoms with Crippen LogP contribution in [-0.4, -0.2) is 75.7 Å². The molecule has 2 N–H and O–H groups in total. The fourth-order valence-electron chi connectivity index (χ4n) is 4.78. The highest BCUT2D eigenvalue weighted by atomic mass is 32.2. The van der Waals surface area contributed by atoms with Crippen LogP contribution >= 0.6 is 0 Å². The van der Waals surface area contributed by atoms with E-state index in [2.05, 4.69) is 5.32 Å². The second-order valence-corrected chi connectivity index (χ2v) is 11.0. The number of hydrogen-bond acceptors (Lipinski definition) is 5. The Morgan fingerprint density at radius 3 is 2.59 bits per heavy atom. The van der Waals surface area contributed by atoms with Gasteiger partial charge in [-0.3, -0.25) is 13.9 Å². The lowest BCUT2D eigenvalue weighted by Crippen LogP contribution is -2.53. The van der Waals surface area contributed by atoms with Crippen LogP contribution in [-0.2, 0) is 28.6 Å². The Kier molecular flexibility index (Phi) is 9.42. The molecule has 0 bridgehead atoms. The number of halogens is 4. The first-order chi connectivity index (χ1) is 18.7. The minimum absolute atomic E-state index is 0.0309. The summed E-state index contributed by atoms with van der Waals surface area (Å²) in [6.45, 7) is 0.482. The summed E-state index contributed by atoms with van der Waals surface area (Å²) in [5.74, 6) is 0.0221. The van der Waals surface area contributed by atoms with Gasteiger partial charge in [-0.05, 0) is 42.0 Å². The van der Waals surface area contributed by atoms with Crippen molar-refractivity contribution in [3.63, 3.8) is 0 Å². The van der Waals surface area contributed by atoms with Crippen molar-refractivity contribution in [3.05, 3.63) is 65.4 Å². The maximum absolute atomic E-state index is 13.6. The predicted molar refractivity (Wildman–Crippen MR) is 140 cm³/mol. The fourth-order valence-corrected chi connectivity index (χ4v) is 5.55. The first kappa shape index (κ1) is 29.2. The van der Waals surface area contributed by atoms with Crippen LogP contribution in [0, 0.1) is 0 Å². The van der Waals surface area contributed by atoms with Gasteiger partial charge in [0.05, 0.1) is 43.2 Å². The highest BCUT2D eigenvalue weighted by molar-refractivity contribution is 7.85. The zero-order chi connectivity index (χ0) is 28.2. The van der Waals surface area contributed by atoms with Gasteiger partial charge in [-0.2, -0.15) is 13.2 Å². The number of rotatable bonds is 10. The molecule has 0 aliphatic carbocycles. The molecule has 7 nitrogen and oxygen atoms in total. The molecule has 1 fully saturated rings. The third-order valence-corrected chi connectivity index (χ3v) is 8.16. The smallest absolute Gasteiger partial charge is 0.394 e. The first-order valence-electron chi connectivity index (χ1n) is 12.6. The Balaban J connectivity index is 1.56. The van der Waals surface area contributed by atoms with Gasteiger partial charge in [0.2, 0.25) is 0 Å². The second kappa shape index (κ2) is 12.6. The molecule has 1 saturated heterocycles.